The summed E-state index contributed by atoms with van der Waals surface area (Å²) < 4.78 is 12.7. The smallest absolute Gasteiger partial charge is 0.144 e. The number of alkyl halides is 1. The molecule has 0 fully saturated rings. The Morgan fingerprint density at radius 2 is 2.18 bits per heavy atom. The number of phenolic OH excluding ortho intramolecular Hbond substituents is 1. The number of nitrogens with two attached hydrogens (primary N) is 1. The molecular formula is C8H10FNO. The first kappa shape index (κ1) is 7.85. The second-order valence-corrected chi connectivity index (χ2v) is 2.40. The second-order valence-electron chi connectivity index (χ2n) is 2.40. The van der Waals surface area contributed by atoms with Gasteiger partial charge in [0, 0.05) is 5.56 Å². The van der Waals surface area contributed by atoms with Gasteiger partial charge in [0.1, 0.15) is 11.9 Å². The van der Waals surface area contributed by atoms with Crippen LogP contribution >= 0.6 is 0 Å². The molecule has 0 saturated carbocycles. The molecule has 60 valence electrons. The van der Waals surface area contributed by atoms with Crippen LogP contribution in [0.2, 0.25) is 0 Å². The third kappa shape index (κ3) is 1.42. The molecule has 0 aliphatic heterocycles. The zero-order valence-electron chi connectivity index (χ0n) is 6.21. The summed E-state index contributed by atoms with van der Waals surface area (Å²) >= 11 is 0. The van der Waals surface area contributed by atoms with E-state index in [0.29, 0.717) is 0 Å². The van der Waals surface area contributed by atoms with Crippen LogP contribution in [0.3, 0.4) is 0 Å². The normalized spacial score (nSPS) is 12.9. The lowest BCUT2D eigenvalue weighted by molar-refractivity contribution is 0.357. The minimum atomic E-state index is -1.18. The molecule has 1 aromatic carbocycles. The molecule has 0 amide bonds. The van der Waals surface area contributed by atoms with E-state index >= 15 is 0 Å². The second kappa shape index (κ2) is 2.78. The van der Waals surface area contributed by atoms with Crippen molar-refractivity contribution in [3.05, 3.63) is 23.8 Å². The highest BCUT2D eigenvalue weighted by Crippen LogP contribution is 2.30. The third-order valence-corrected chi connectivity index (χ3v) is 1.53. The molecule has 2 nitrogen and oxygen atoms in total. The van der Waals surface area contributed by atoms with Crippen molar-refractivity contribution < 1.29 is 9.50 Å². The Balaban J connectivity index is 3.17. The standard InChI is InChI=1S/C8H10FNO/c1-5(9)6-3-2-4-7(10)8(6)11/h2-5,11H,10H2,1H3. The van der Waals surface area contributed by atoms with Gasteiger partial charge in [0.05, 0.1) is 5.69 Å². The molecule has 1 atom stereocenters. The fourth-order valence-corrected chi connectivity index (χ4v) is 0.901. The minimum absolute atomic E-state index is 0.150. The number of hydrogen-bond donors (Lipinski definition) is 2. The van der Waals surface area contributed by atoms with Crippen LogP contribution in [0.1, 0.15) is 18.7 Å². The first-order valence-electron chi connectivity index (χ1n) is 3.34. The highest BCUT2D eigenvalue weighted by atomic mass is 19.1. The zero-order chi connectivity index (χ0) is 8.43. The topological polar surface area (TPSA) is 46.2 Å². The molecule has 3 heteroatoms. The first-order chi connectivity index (χ1) is 5.13. The van der Waals surface area contributed by atoms with E-state index in [-0.39, 0.29) is 17.0 Å². The van der Waals surface area contributed by atoms with Gasteiger partial charge < -0.3 is 10.8 Å². The van der Waals surface area contributed by atoms with E-state index in [2.05, 4.69) is 0 Å². The molecule has 11 heavy (non-hydrogen) atoms. The maximum Gasteiger partial charge on any atom is 0.144 e. The lowest BCUT2D eigenvalue weighted by Crippen LogP contribution is -1.91. The fraction of sp³-hybridized carbons (Fsp3) is 0.250. The summed E-state index contributed by atoms with van der Waals surface area (Å²) in [4.78, 5) is 0. The molecule has 0 aliphatic carbocycles. The van der Waals surface area contributed by atoms with Gasteiger partial charge in [-0.05, 0) is 13.0 Å². The summed E-state index contributed by atoms with van der Waals surface area (Å²) in [5.41, 5.74) is 5.80. The maximum absolute atomic E-state index is 12.7. The molecule has 0 spiro atoms. The number of nitrogen functional groups attached to an aromatic ring is 1. The summed E-state index contributed by atoms with van der Waals surface area (Å²) in [6, 6.07) is 4.65. The van der Waals surface area contributed by atoms with Crippen molar-refractivity contribution >= 4 is 5.69 Å². The number of para-hydroxylation sites is 1. The zero-order valence-corrected chi connectivity index (χ0v) is 6.21. The molecule has 0 aromatic heterocycles. The van der Waals surface area contributed by atoms with Gasteiger partial charge in [-0.25, -0.2) is 4.39 Å². The molecule has 0 radical (unpaired) electrons. The van der Waals surface area contributed by atoms with E-state index < -0.39 is 6.17 Å². The lowest BCUT2D eigenvalue weighted by Gasteiger charge is -2.06. The van der Waals surface area contributed by atoms with Crippen LogP contribution in [0.4, 0.5) is 10.1 Å². The monoisotopic (exact) mass is 155 g/mol. The van der Waals surface area contributed by atoms with Gasteiger partial charge in [-0.1, -0.05) is 12.1 Å². The van der Waals surface area contributed by atoms with E-state index in [1.54, 1.807) is 6.07 Å². The Bertz CT molecular complexity index is 260. The van der Waals surface area contributed by atoms with Crippen molar-refractivity contribution in [1.29, 1.82) is 0 Å². The highest BCUT2D eigenvalue weighted by Gasteiger charge is 2.09. The molecule has 0 bridgehead atoms. The highest BCUT2D eigenvalue weighted by molar-refractivity contribution is 5.56. The summed E-state index contributed by atoms with van der Waals surface area (Å²) in [5, 5.41) is 9.20. The maximum atomic E-state index is 12.7. The molecule has 3 N–H and O–H groups in total. The number of anilines is 1. The first-order valence-corrected chi connectivity index (χ1v) is 3.34. The number of hydrogen-bond acceptors (Lipinski definition) is 2. The number of rotatable bonds is 1. The quantitative estimate of drug-likeness (QED) is 0.481. The molecule has 1 unspecified atom stereocenters. The van der Waals surface area contributed by atoms with E-state index in [1.807, 2.05) is 0 Å². The largest absolute Gasteiger partial charge is 0.505 e. The molecule has 0 heterocycles. The van der Waals surface area contributed by atoms with Gasteiger partial charge in [0.15, 0.2) is 0 Å². The van der Waals surface area contributed by atoms with Crippen molar-refractivity contribution in [2.24, 2.45) is 0 Å². The van der Waals surface area contributed by atoms with Gasteiger partial charge in [-0.15, -0.1) is 0 Å². The molecular weight excluding hydrogens is 145 g/mol. The number of aromatic hydroxyl groups is 1. The average molecular weight is 155 g/mol. The van der Waals surface area contributed by atoms with Crippen LogP contribution in [-0.4, -0.2) is 5.11 Å². The lowest BCUT2D eigenvalue weighted by atomic mass is 10.1. The van der Waals surface area contributed by atoms with Crippen LogP contribution in [0.25, 0.3) is 0 Å². The predicted octanol–water partition coefficient (Wildman–Crippen LogP) is 2.00. The predicted molar refractivity (Wildman–Crippen MR) is 42.0 cm³/mol. The van der Waals surface area contributed by atoms with Crippen molar-refractivity contribution in [1.82, 2.24) is 0 Å². The van der Waals surface area contributed by atoms with E-state index in [9.17, 15) is 9.50 Å². The van der Waals surface area contributed by atoms with Crippen LogP contribution in [0.5, 0.6) is 5.75 Å². The molecule has 1 rings (SSSR count). The number of benzene rings is 1. The Kier molecular flexibility index (Phi) is 1.98. The fourth-order valence-electron chi connectivity index (χ4n) is 0.901. The Morgan fingerprint density at radius 1 is 1.55 bits per heavy atom. The molecule has 0 saturated heterocycles. The van der Waals surface area contributed by atoms with Gasteiger partial charge >= 0.3 is 0 Å². The third-order valence-electron chi connectivity index (χ3n) is 1.53. The van der Waals surface area contributed by atoms with Gasteiger partial charge in [-0.2, -0.15) is 0 Å². The van der Waals surface area contributed by atoms with Crippen molar-refractivity contribution in [2.75, 3.05) is 5.73 Å². The van der Waals surface area contributed by atoms with E-state index in [4.69, 9.17) is 5.73 Å². The van der Waals surface area contributed by atoms with Gasteiger partial charge in [-0.3, -0.25) is 0 Å². The van der Waals surface area contributed by atoms with Crippen LogP contribution in [0, 0.1) is 0 Å². The number of phenols is 1. The average Bonchev–Trinajstić information content (AvgIpc) is 1.94. The van der Waals surface area contributed by atoms with E-state index in [1.165, 1.54) is 19.1 Å². The summed E-state index contributed by atoms with van der Waals surface area (Å²) in [7, 11) is 0. The summed E-state index contributed by atoms with van der Waals surface area (Å²) in [6.07, 6.45) is -1.18. The van der Waals surface area contributed by atoms with Crippen molar-refractivity contribution in [3.63, 3.8) is 0 Å². The van der Waals surface area contributed by atoms with Gasteiger partial charge in [0.25, 0.3) is 0 Å². The summed E-state index contributed by atoms with van der Waals surface area (Å²) in [5.74, 6) is -0.150. The Hall–Kier alpha value is -1.25. The van der Waals surface area contributed by atoms with Crippen LogP contribution in [0.15, 0.2) is 18.2 Å². The van der Waals surface area contributed by atoms with Crippen molar-refractivity contribution in [3.8, 4) is 5.75 Å². The molecule has 0 aliphatic rings. The van der Waals surface area contributed by atoms with E-state index in [0.717, 1.165) is 0 Å². The SMILES string of the molecule is CC(F)c1cccc(N)c1O. The Labute approximate surface area is 64.5 Å². The van der Waals surface area contributed by atoms with Gasteiger partial charge in [0.2, 0.25) is 0 Å². The minimum Gasteiger partial charge on any atom is -0.505 e. The number of halogens is 1. The van der Waals surface area contributed by atoms with Crippen LogP contribution < -0.4 is 5.73 Å². The van der Waals surface area contributed by atoms with Crippen LogP contribution in [-0.2, 0) is 0 Å². The summed E-state index contributed by atoms with van der Waals surface area (Å²) in [6.45, 7) is 1.36. The molecule has 1 aromatic rings. The van der Waals surface area contributed by atoms with Crippen molar-refractivity contribution in [2.45, 2.75) is 13.1 Å². The Morgan fingerprint density at radius 3 is 2.64 bits per heavy atom.